The fraction of sp³-hybridized carbons (Fsp3) is 0. The molecule has 108 valence electrons. The number of nitro groups is 1. The van der Waals surface area contributed by atoms with Gasteiger partial charge in [-0.3, -0.25) is 10.1 Å². The van der Waals surface area contributed by atoms with E-state index in [9.17, 15) is 14.9 Å². The molecular formula is C12H6Cl2N2O5. The highest BCUT2D eigenvalue weighted by Crippen LogP contribution is 2.32. The molecule has 0 aliphatic rings. The molecule has 0 fully saturated rings. The van der Waals surface area contributed by atoms with Gasteiger partial charge in [0.15, 0.2) is 0 Å². The van der Waals surface area contributed by atoms with Crippen LogP contribution >= 0.6 is 23.2 Å². The lowest BCUT2D eigenvalue weighted by Crippen LogP contribution is -2.04. The zero-order valence-corrected chi connectivity index (χ0v) is 11.6. The summed E-state index contributed by atoms with van der Waals surface area (Å²) in [5.41, 5.74) is -1.16. The van der Waals surface area contributed by atoms with E-state index in [1.165, 1.54) is 18.2 Å². The molecule has 2 aromatic rings. The predicted octanol–water partition coefficient (Wildman–Crippen LogP) is 3.79. The molecule has 0 spiro atoms. The normalized spacial score (nSPS) is 10.2. The van der Waals surface area contributed by atoms with E-state index in [0.29, 0.717) is 5.02 Å². The number of aromatic carboxylic acids is 1. The molecule has 0 atom stereocenters. The van der Waals surface area contributed by atoms with Crippen LogP contribution in [0.1, 0.15) is 10.4 Å². The number of aromatic nitrogens is 1. The average molecular weight is 329 g/mol. The van der Waals surface area contributed by atoms with E-state index in [-0.39, 0.29) is 16.7 Å². The van der Waals surface area contributed by atoms with Gasteiger partial charge in [0.1, 0.15) is 17.5 Å². The second-order valence-electron chi connectivity index (χ2n) is 3.78. The zero-order valence-electron chi connectivity index (χ0n) is 10.1. The van der Waals surface area contributed by atoms with Gasteiger partial charge in [0.2, 0.25) is 5.88 Å². The summed E-state index contributed by atoms with van der Waals surface area (Å²) in [4.78, 5) is 24.6. The van der Waals surface area contributed by atoms with Crippen LogP contribution in [0.15, 0.2) is 30.5 Å². The highest BCUT2D eigenvalue weighted by Gasteiger charge is 2.22. The lowest BCUT2D eigenvalue weighted by Gasteiger charge is -2.07. The van der Waals surface area contributed by atoms with E-state index in [4.69, 9.17) is 33.0 Å². The first-order valence-corrected chi connectivity index (χ1v) is 6.14. The summed E-state index contributed by atoms with van der Waals surface area (Å²) in [5, 5.41) is 20.3. The monoisotopic (exact) mass is 328 g/mol. The quantitative estimate of drug-likeness (QED) is 0.676. The molecule has 0 saturated carbocycles. The summed E-state index contributed by atoms with van der Waals surface area (Å²) in [5.74, 6) is -1.41. The molecule has 1 aromatic heterocycles. The van der Waals surface area contributed by atoms with Crippen LogP contribution in [0.25, 0.3) is 0 Å². The van der Waals surface area contributed by atoms with Crippen molar-refractivity contribution in [3.8, 4) is 11.6 Å². The van der Waals surface area contributed by atoms with E-state index < -0.39 is 22.1 Å². The first-order chi connectivity index (χ1) is 9.88. The van der Waals surface area contributed by atoms with Gasteiger partial charge >= 0.3 is 11.7 Å². The summed E-state index contributed by atoms with van der Waals surface area (Å²) >= 11 is 11.6. The van der Waals surface area contributed by atoms with Gasteiger partial charge in [-0.1, -0.05) is 23.2 Å². The number of rotatable bonds is 4. The summed E-state index contributed by atoms with van der Waals surface area (Å²) < 4.78 is 5.30. The van der Waals surface area contributed by atoms with E-state index in [0.717, 1.165) is 12.3 Å². The fourth-order valence-corrected chi connectivity index (χ4v) is 1.92. The van der Waals surface area contributed by atoms with Crippen LogP contribution in [-0.2, 0) is 0 Å². The highest BCUT2D eigenvalue weighted by atomic mass is 35.5. The number of pyridine rings is 1. The lowest BCUT2D eigenvalue weighted by molar-refractivity contribution is -0.385. The first kappa shape index (κ1) is 15.0. The Morgan fingerprint density at radius 1 is 1.33 bits per heavy atom. The van der Waals surface area contributed by atoms with Gasteiger partial charge in [-0.15, -0.1) is 0 Å². The van der Waals surface area contributed by atoms with Crippen LogP contribution in [0.4, 0.5) is 5.69 Å². The largest absolute Gasteiger partial charge is 0.477 e. The average Bonchev–Trinajstić information content (AvgIpc) is 2.41. The number of benzene rings is 1. The van der Waals surface area contributed by atoms with Crippen LogP contribution < -0.4 is 4.74 Å². The van der Waals surface area contributed by atoms with Crippen molar-refractivity contribution in [2.45, 2.75) is 0 Å². The maximum atomic E-state index is 11.0. The molecule has 1 heterocycles. The Kier molecular flexibility index (Phi) is 4.25. The molecule has 2 rings (SSSR count). The van der Waals surface area contributed by atoms with Crippen LogP contribution in [0.2, 0.25) is 10.0 Å². The highest BCUT2D eigenvalue weighted by molar-refractivity contribution is 6.35. The molecular weight excluding hydrogens is 323 g/mol. The van der Waals surface area contributed by atoms with Crippen LogP contribution in [-0.4, -0.2) is 21.0 Å². The van der Waals surface area contributed by atoms with E-state index >= 15 is 0 Å². The van der Waals surface area contributed by atoms with Crippen molar-refractivity contribution in [2.75, 3.05) is 0 Å². The predicted molar refractivity (Wildman–Crippen MR) is 74.4 cm³/mol. The summed E-state index contributed by atoms with van der Waals surface area (Å²) in [6, 6.07) is 5.37. The third-order valence-electron chi connectivity index (χ3n) is 2.39. The van der Waals surface area contributed by atoms with Crippen LogP contribution in [0.3, 0.4) is 0 Å². The van der Waals surface area contributed by atoms with E-state index in [2.05, 4.69) is 4.98 Å². The molecule has 0 aliphatic heterocycles. The topological polar surface area (TPSA) is 103 Å². The molecule has 0 amide bonds. The molecule has 0 saturated heterocycles. The molecule has 0 radical (unpaired) electrons. The number of nitrogens with zero attached hydrogens (tertiary/aromatic N) is 2. The second-order valence-corrected chi connectivity index (χ2v) is 4.62. The van der Waals surface area contributed by atoms with Gasteiger partial charge in [-0.2, -0.15) is 0 Å². The molecule has 1 N–H and O–H groups in total. The van der Waals surface area contributed by atoms with Gasteiger partial charge in [0, 0.05) is 11.1 Å². The fourth-order valence-electron chi connectivity index (χ4n) is 1.47. The molecule has 7 nitrogen and oxygen atoms in total. The van der Waals surface area contributed by atoms with Crippen LogP contribution in [0, 0.1) is 10.1 Å². The Labute approximate surface area is 127 Å². The number of carboxylic acid groups (broad SMARTS) is 1. The minimum atomic E-state index is -1.46. The number of hydrogen-bond donors (Lipinski definition) is 1. The van der Waals surface area contributed by atoms with Gasteiger partial charge in [0.25, 0.3) is 0 Å². The SMILES string of the molecule is O=C(O)c1cc(Oc2ccc(Cl)cc2Cl)ncc1[N+](=O)[O-]. The summed E-state index contributed by atoms with van der Waals surface area (Å²) in [6.45, 7) is 0. The van der Waals surface area contributed by atoms with Crippen molar-refractivity contribution >= 4 is 34.9 Å². The van der Waals surface area contributed by atoms with Crippen molar-refractivity contribution in [2.24, 2.45) is 0 Å². The summed E-state index contributed by atoms with van der Waals surface area (Å²) in [7, 11) is 0. The molecule has 1 aromatic carbocycles. The number of ether oxygens (including phenoxy) is 1. The van der Waals surface area contributed by atoms with Gasteiger partial charge in [0.05, 0.1) is 9.95 Å². The number of carboxylic acids is 1. The Morgan fingerprint density at radius 3 is 2.62 bits per heavy atom. The van der Waals surface area contributed by atoms with Crippen molar-refractivity contribution < 1.29 is 19.6 Å². The Bertz CT molecular complexity index is 736. The smallest absolute Gasteiger partial charge is 0.342 e. The van der Waals surface area contributed by atoms with Crippen molar-refractivity contribution in [3.63, 3.8) is 0 Å². The molecule has 0 unspecified atom stereocenters. The first-order valence-electron chi connectivity index (χ1n) is 5.39. The minimum absolute atomic E-state index is 0.137. The lowest BCUT2D eigenvalue weighted by atomic mass is 10.2. The number of carbonyl (C=O) groups is 1. The van der Waals surface area contributed by atoms with Crippen molar-refractivity contribution in [1.29, 1.82) is 0 Å². The molecule has 0 aliphatic carbocycles. The van der Waals surface area contributed by atoms with Crippen molar-refractivity contribution in [1.82, 2.24) is 4.98 Å². The zero-order chi connectivity index (χ0) is 15.6. The second kappa shape index (κ2) is 5.94. The summed E-state index contributed by atoms with van der Waals surface area (Å²) in [6.07, 6.45) is 0.808. The van der Waals surface area contributed by atoms with E-state index in [1.807, 2.05) is 0 Å². The Balaban J connectivity index is 2.39. The third-order valence-corrected chi connectivity index (χ3v) is 2.92. The third kappa shape index (κ3) is 3.39. The standard InChI is InChI=1S/C12H6Cl2N2O5/c13-6-1-2-10(8(14)3-6)21-11-4-7(12(17)18)9(5-15-11)16(19)20/h1-5H,(H,17,18). The Morgan fingerprint density at radius 2 is 2.05 bits per heavy atom. The Hall–Kier alpha value is -2.38. The van der Waals surface area contributed by atoms with Crippen LogP contribution in [0.5, 0.6) is 11.6 Å². The van der Waals surface area contributed by atoms with Crippen molar-refractivity contribution in [3.05, 3.63) is 56.2 Å². The minimum Gasteiger partial charge on any atom is -0.477 e. The maximum Gasteiger partial charge on any atom is 0.342 e. The number of halogens is 2. The molecule has 9 heteroatoms. The number of hydrogen-bond acceptors (Lipinski definition) is 5. The molecule has 0 bridgehead atoms. The maximum absolute atomic E-state index is 11.0. The van der Waals surface area contributed by atoms with Gasteiger partial charge in [-0.05, 0) is 18.2 Å². The van der Waals surface area contributed by atoms with E-state index in [1.54, 1.807) is 0 Å². The van der Waals surface area contributed by atoms with Gasteiger partial charge in [-0.25, -0.2) is 9.78 Å². The van der Waals surface area contributed by atoms with Gasteiger partial charge < -0.3 is 9.84 Å². The molecule has 21 heavy (non-hydrogen) atoms.